The van der Waals surface area contributed by atoms with Crippen molar-refractivity contribution in [2.24, 2.45) is 0 Å². The second kappa shape index (κ2) is 8.62. The van der Waals surface area contributed by atoms with Crippen LogP contribution in [0, 0.1) is 5.82 Å². The Labute approximate surface area is 151 Å². The Bertz CT molecular complexity index is 791. The van der Waals surface area contributed by atoms with Crippen LogP contribution in [0.3, 0.4) is 0 Å². The fourth-order valence-corrected chi connectivity index (χ4v) is 3.06. The summed E-state index contributed by atoms with van der Waals surface area (Å²) in [5.74, 6) is -0.232. The highest BCUT2D eigenvalue weighted by molar-refractivity contribution is 5.74. The number of aromatic nitrogens is 1. The molecular weight excluding hydrogens is 335 g/mol. The van der Waals surface area contributed by atoms with E-state index in [1.807, 2.05) is 0 Å². The molecule has 2 heterocycles. The first-order valence-corrected chi connectivity index (χ1v) is 8.78. The van der Waals surface area contributed by atoms with Gasteiger partial charge in [0.2, 0.25) is 0 Å². The van der Waals surface area contributed by atoms with Crippen LogP contribution < -0.4 is 10.9 Å². The number of halogens is 1. The van der Waals surface area contributed by atoms with Crippen LogP contribution in [-0.2, 0) is 13.1 Å². The predicted molar refractivity (Wildman–Crippen MR) is 97.2 cm³/mol. The lowest BCUT2D eigenvalue weighted by molar-refractivity contribution is 0.197. The van der Waals surface area contributed by atoms with Crippen LogP contribution in [0.1, 0.15) is 17.5 Å². The molecular formula is C19H23FN4O2. The number of H-pyrrole nitrogens is 1. The summed E-state index contributed by atoms with van der Waals surface area (Å²) >= 11 is 0. The van der Waals surface area contributed by atoms with Crippen LogP contribution in [0.2, 0.25) is 0 Å². The van der Waals surface area contributed by atoms with Gasteiger partial charge in [-0.1, -0.05) is 18.2 Å². The molecule has 0 bridgehead atoms. The van der Waals surface area contributed by atoms with Crippen molar-refractivity contribution >= 4 is 6.03 Å². The van der Waals surface area contributed by atoms with E-state index in [2.05, 4.69) is 15.2 Å². The molecule has 1 aromatic heterocycles. The number of hydrogen-bond acceptors (Lipinski definition) is 3. The van der Waals surface area contributed by atoms with Gasteiger partial charge >= 0.3 is 6.03 Å². The number of aromatic amines is 1. The quantitative estimate of drug-likeness (QED) is 0.878. The minimum absolute atomic E-state index is 0.156. The Kier molecular flexibility index (Phi) is 6.01. The van der Waals surface area contributed by atoms with Crippen LogP contribution in [0.5, 0.6) is 0 Å². The maximum atomic E-state index is 13.0. The average molecular weight is 358 g/mol. The first kappa shape index (κ1) is 18.1. The third kappa shape index (κ3) is 4.92. The zero-order valence-electron chi connectivity index (χ0n) is 14.6. The Balaban J connectivity index is 1.49. The average Bonchev–Trinajstić information content (AvgIpc) is 2.88. The van der Waals surface area contributed by atoms with Crippen molar-refractivity contribution in [3.63, 3.8) is 0 Å². The summed E-state index contributed by atoms with van der Waals surface area (Å²) in [6.07, 6.45) is 2.44. The molecule has 0 saturated carbocycles. The number of hydrogen-bond donors (Lipinski definition) is 2. The predicted octanol–water partition coefficient (Wildman–Crippen LogP) is 1.93. The number of rotatable bonds is 4. The van der Waals surface area contributed by atoms with Crippen molar-refractivity contribution in [1.29, 1.82) is 0 Å². The molecule has 0 aliphatic carbocycles. The summed E-state index contributed by atoms with van der Waals surface area (Å²) in [6, 6.07) is 9.81. The maximum absolute atomic E-state index is 13.0. The van der Waals surface area contributed by atoms with Crippen LogP contribution in [0.25, 0.3) is 0 Å². The summed E-state index contributed by atoms with van der Waals surface area (Å²) in [5.41, 5.74) is 1.41. The first-order chi connectivity index (χ1) is 12.6. The number of nitrogens with one attached hydrogen (secondary N) is 2. The molecule has 1 fully saturated rings. The summed E-state index contributed by atoms with van der Waals surface area (Å²) in [6.45, 7) is 3.91. The number of urea groups is 1. The highest BCUT2D eigenvalue weighted by Crippen LogP contribution is 2.10. The largest absolute Gasteiger partial charge is 0.334 e. The van der Waals surface area contributed by atoms with Crippen molar-refractivity contribution in [2.75, 3.05) is 26.2 Å². The molecule has 2 amide bonds. The Morgan fingerprint density at radius 1 is 1.12 bits per heavy atom. The molecule has 6 nitrogen and oxygen atoms in total. The standard InChI is InChI=1S/C19H23FN4O2/c20-17-6-4-15(5-7-17)14-23-9-2-10-24(12-11-23)19(26)22-13-16-3-1-8-21-18(16)25/h1,3-8H,2,9-14H2,(H,21,25)(H,22,26). The van der Waals surface area contributed by atoms with E-state index >= 15 is 0 Å². The van der Waals surface area contributed by atoms with Gasteiger partial charge in [0.1, 0.15) is 5.82 Å². The molecule has 1 aliphatic rings. The van der Waals surface area contributed by atoms with Crippen molar-refractivity contribution < 1.29 is 9.18 Å². The molecule has 0 radical (unpaired) electrons. The monoisotopic (exact) mass is 358 g/mol. The minimum atomic E-state index is -0.232. The van der Waals surface area contributed by atoms with Gasteiger partial charge < -0.3 is 15.2 Å². The lowest BCUT2D eigenvalue weighted by atomic mass is 10.2. The van der Waals surface area contributed by atoms with Gasteiger partial charge in [0, 0.05) is 51.0 Å². The van der Waals surface area contributed by atoms with Gasteiger partial charge in [-0.2, -0.15) is 0 Å². The Hall–Kier alpha value is -2.67. The van der Waals surface area contributed by atoms with Crippen molar-refractivity contribution in [3.05, 3.63) is 69.9 Å². The second-order valence-corrected chi connectivity index (χ2v) is 6.43. The van der Waals surface area contributed by atoms with Gasteiger partial charge in [0.05, 0.1) is 0 Å². The van der Waals surface area contributed by atoms with Crippen LogP contribution in [0.15, 0.2) is 47.4 Å². The number of amides is 2. The molecule has 1 aromatic carbocycles. The highest BCUT2D eigenvalue weighted by Gasteiger charge is 2.19. The molecule has 7 heteroatoms. The number of benzene rings is 1. The molecule has 26 heavy (non-hydrogen) atoms. The van der Waals surface area contributed by atoms with Crippen LogP contribution in [-0.4, -0.2) is 47.0 Å². The molecule has 3 rings (SSSR count). The van der Waals surface area contributed by atoms with Gasteiger partial charge in [-0.25, -0.2) is 9.18 Å². The van der Waals surface area contributed by atoms with Crippen LogP contribution >= 0.6 is 0 Å². The lowest BCUT2D eigenvalue weighted by Gasteiger charge is -2.22. The van der Waals surface area contributed by atoms with Crippen LogP contribution in [0.4, 0.5) is 9.18 Å². The molecule has 0 atom stereocenters. The zero-order valence-corrected chi connectivity index (χ0v) is 14.6. The van der Waals surface area contributed by atoms with E-state index in [9.17, 15) is 14.0 Å². The summed E-state index contributed by atoms with van der Waals surface area (Å²) in [7, 11) is 0. The van der Waals surface area contributed by atoms with E-state index in [0.717, 1.165) is 31.6 Å². The summed E-state index contributed by atoms with van der Waals surface area (Å²) < 4.78 is 13.0. The topological polar surface area (TPSA) is 68.4 Å². The van der Waals surface area contributed by atoms with E-state index in [1.165, 1.54) is 12.1 Å². The first-order valence-electron chi connectivity index (χ1n) is 8.78. The van der Waals surface area contributed by atoms with Gasteiger partial charge in [-0.15, -0.1) is 0 Å². The molecule has 1 aliphatic heterocycles. The van der Waals surface area contributed by atoms with Gasteiger partial charge in [0.25, 0.3) is 5.56 Å². The Morgan fingerprint density at radius 2 is 1.92 bits per heavy atom. The number of carbonyl (C=O) groups excluding carboxylic acids is 1. The molecule has 2 aromatic rings. The third-order valence-electron chi connectivity index (χ3n) is 4.52. The summed E-state index contributed by atoms with van der Waals surface area (Å²) in [4.78, 5) is 30.7. The van der Waals surface area contributed by atoms with Gasteiger partial charge in [-0.3, -0.25) is 9.69 Å². The fourth-order valence-electron chi connectivity index (χ4n) is 3.06. The van der Waals surface area contributed by atoms with Gasteiger partial charge in [0.15, 0.2) is 0 Å². The Morgan fingerprint density at radius 3 is 2.69 bits per heavy atom. The molecule has 1 saturated heterocycles. The highest BCUT2D eigenvalue weighted by atomic mass is 19.1. The van der Waals surface area contributed by atoms with E-state index < -0.39 is 0 Å². The molecule has 138 valence electrons. The third-order valence-corrected chi connectivity index (χ3v) is 4.52. The normalized spacial score (nSPS) is 15.5. The smallest absolute Gasteiger partial charge is 0.317 e. The zero-order chi connectivity index (χ0) is 18.4. The van der Waals surface area contributed by atoms with Crippen molar-refractivity contribution in [2.45, 2.75) is 19.5 Å². The number of carbonyl (C=O) groups is 1. The van der Waals surface area contributed by atoms with Gasteiger partial charge in [-0.05, 0) is 30.2 Å². The van der Waals surface area contributed by atoms with Crippen molar-refractivity contribution in [3.8, 4) is 0 Å². The minimum Gasteiger partial charge on any atom is -0.334 e. The van der Waals surface area contributed by atoms with E-state index in [-0.39, 0.29) is 24.0 Å². The SMILES string of the molecule is O=C(NCc1ccc[nH]c1=O)N1CCCN(Cc2ccc(F)cc2)CC1. The molecule has 0 spiro atoms. The maximum Gasteiger partial charge on any atom is 0.317 e. The lowest BCUT2D eigenvalue weighted by Crippen LogP contribution is -2.42. The van der Waals surface area contributed by atoms with Crippen molar-refractivity contribution in [1.82, 2.24) is 20.1 Å². The van der Waals surface area contributed by atoms with E-state index in [1.54, 1.807) is 35.4 Å². The molecule has 2 N–H and O–H groups in total. The van der Waals surface area contributed by atoms with E-state index in [0.29, 0.717) is 18.7 Å². The molecule has 0 unspecified atom stereocenters. The second-order valence-electron chi connectivity index (χ2n) is 6.43. The van der Waals surface area contributed by atoms with E-state index in [4.69, 9.17) is 0 Å². The number of nitrogens with zero attached hydrogens (tertiary/aromatic N) is 2. The summed E-state index contributed by atoms with van der Waals surface area (Å²) in [5, 5.41) is 2.81. The fraction of sp³-hybridized carbons (Fsp3) is 0.368. The number of pyridine rings is 1.